The van der Waals surface area contributed by atoms with Crippen LogP contribution in [-0.4, -0.2) is 12.5 Å². The highest BCUT2D eigenvalue weighted by molar-refractivity contribution is 6.32. The maximum atomic E-state index is 12.0. The van der Waals surface area contributed by atoms with E-state index < -0.39 is 0 Å². The number of aryl methyl sites for hydroxylation is 2. The third-order valence-corrected chi connectivity index (χ3v) is 4.04. The number of ether oxygens (including phenoxy) is 1. The average molecular weight is 332 g/mol. The molecule has 2 rings (SSSR count). The van der Waals surface area contributed by atoms with E-state index in [-0.39, 0.29) is 12.5 Å². The molecule has 122 valence electrons. The van der Waals surface area contributed by atoms with Crippen LogP contribution in [0.3, 0.4) is 0 Å². The van der Waals surface area contributed by atoms with Crippen molar-refractivity contribution in [2.75, 3.05) is 6.61 Å². The van der Waals surface area contributed by atoms with E-state index in [1.165, 1.54) is 11.1 Å². The lowest BCUT2D eigenvalue weighted by Gasteiger charge is -2.12. The summed E-state index contributed by atoms with van der Waals surface area (Å²) in [5, 5.41) is 3.41. The Labute approximate surface area is 142 Å². The van der Waals surface area contributed by atoms with Crippen molar-refractivity contribution in [1.82, 2.24) is 5.32 Å². The Morgan fingerprint density at radius 3 is 2.57 bits per heavy atom. The van der Waals surface area contributed by atoms with Gasteiger partial charge in [-0.25, -0.2) is 0 Å². The molecule has 2 aromatic carbocycles. The van der Waals surface area contributed by atoms with Crippen LogP contribution in [0.1, 0.15) is 30.5 Å². The second kappa shape index (κ2) is 8.59. The van der Waals surface area contributed by atoms with Crippen LogP contribution < -0.4 is 10.1 Å². The molecule has 0 fully saturated rings. The van der Waals surface area contributed by atoms with Gasteiger partial charge in [0.2, 0.25) is 0 Å². The summed E-state index contributed by atoms with van der Waals surface area (Å²) in [5.74, 6) is 0.361. The van der Waals surface area contributed by atoms with Gasteiger partial charge in [-0.1, -0.05) is 55.8 Å². The fraction of sp³-hybridized carbons (Fsp3) is 0.316. The Hall–Kier alpha value is -2.00. The molecular weight excluding hydrogens is 310 g/mol. The quantitative estimate of drug-likeness (QED) is 0.827. The summed E-state index contributed by atoms with van der Waals surface area (Å²) in [6.07, 6.45) is 1.94. The number of carbonyl (C=O) groups is 1. The molecule has 0 radical (unpaired) electrons. The number of carbonyl (C=O) groups excluding carboxylic acids is 1. The largest absolute Gasteiger partial charge is 0.482 e. The van der Waals surface area contributed by atoms with Crippen LogP contribution in [0.2, 0.25) is 5.02 Å². The van der Waals surface area contributed by atoms with Crippen LogP contribution in [0.15, 0.2) is 42.5 Å². The second-order valence-electron chi connectivity index (χ2n) is 5.31. The van der Waals surface area contributed by atoms with Gasteiger partial charge in [-0.2, -0.15) is 0 Å². The minimum Gasteiger partial charge on any atom is -0.482 e. The van der Waals surface area contributed by atoms with E-state index in [9.17, 15) is 4.79 Å². The molecule has 0 unspecified atom stereocenters. The van der Waals surface area contributed by atoms with Gasteiger partial charge in [0, 0.05) is 6.54 Å². The number of nitrogens with one attached hydrogen (secondary N) is 1. The fourth-order valence-electron chi connectivity index (χ4n) is 2.36. The maximum absolute atomic E-state index is 12.0. The van der Waals surface area contributed by atoms with Gasteiger partial charge in [-0.15, -0.1) is 0 Å². The number of rotatable bonds is 7. The van der Waals surface area contributed by atoms with Gasteiger partial charge in [-0.3, -0.25) is 4.79 Å². The number of benzene rings is 2. The molecule has 0 bridgehead atoms. The molecule has 0 aliphatic carbocycles. The summed E-state index contributed by atoms with van der Waals surface area (Å²) in [5.41, 5.74) is 3.70. The molecule has 23 heavy (non-hydrogen) atoms. The monoisotopic (exact) mass is 331 g/mol. The standard InChI is InChI=1S/C19H22ClNO2/c1-3-14-9-10-15(4-2)16(11-14)12-21-19(22)13-23-18-8-6-5-7-17(18)20/h5-11H,3-4,12-13H2,1-2H3,(H,21,22). The first kappa shape index (κ1) is 17.4. The van der Waals surface area contributed by atoms with E-state index in [2.05, 4.69) is 37.4 Å². The molecule has 0 saturated heterocycles. The molecular formula is C19H22ClNO2. The van der Waals surface area contributed by atoms with Crippen LogP contribution >= 0.6 is 11.6 Å². The molecule has 0 atom stereocenters. The van der Waals surface area contributed by atoms with E-state index >= 15 is 0 Å². The van der Waals surface area contributed by atoms with Crippen molar-refractivity contribution in [2.24, 2.45) is 0 Å². The lowest BCUT2D eigenvalue weighted by Crippen LogP contribution is -2.28. The van der Waals surface area contributed by atoms with Gasteiger partial charge < -0.3 is 10.1 Å². The number of hydrogen-bond acceptors (Lipinski definition) is 2. The van der Waals surface area contributed by atoms with Crippen LogP contribution in [0.5, 0.6) is 5.75 Å². The molecule has 0 heterocycles. The van der Waals surface area contributed by atoms with Crippen LogP contribution in [0.25, 0.3) is 0 Å². The Balaban J connectivity index is 1.90. The van der Waals surface area contributed by atoms with Crippen LogP contribution in [-0.2, 0) is 24.2 Å². The molecule has 4 heteroatoms. The fourth-order valence-corrected chi connectivity index (χ4v) is 2.55. The highest BCUT2D eigenvalue weighted by Gasteiger charge is 2.07. The lowest BCUT2D eigenvalue weighted by molar-refractivity contribution is -0.123. The third kappa shape index (κ3) is 5.00. The molecule has 0 aliphatic heterocycles. The Kier molecular flexibility index (Phi) is 6.48. The van der Waals surface area contributed by atoms with Gasteiger partial charge in [0.05, 0.1) is 5.02 Å². The summed E-state index contributed by atoms with van der Waals surface area (Å²) < 4.78 is 5.44. The third-order valence-electron chi connectivity index (χ3n) is 3.73. The average Bonchev–Trinajstić information content (AvgIpc) is 2.58. The highest BCUT2D eigenvalue weighted by Crippen LogP contribution is 2.22. The van der Waals surface area contributed by atoms with Crippen molar-refractivity contribution < 1.29 is 9.53 Å². The number of halogens is 1. The number of hydrogen-bond donors (Lipinski definition) is 1. The Morgan fingerprint density at radius 2 is 1.87 bits per heavy atom. The molecule has 0 aliphatic rings. The van der Waals surface area contributed by atoms with Crippen molar-refractivity contribution in [3.8, 4) is 5.75 Å². The smallest absolute Gasteiger partial charge is 0.258 e. The van der Waals surface area contributed by atoms with E-state index in [1.807, 2.05) is 12.1 Å². The molecule has 2 aromatic rings. The van der Waals surface area contributed by atoms with Crippen molar-refractivity contribution in [3.05, 3.63) is 64.2 Å². The van der Waals surface area contributed by atoms with Gasteiger partial charge in [0.1, 0.15) is 5.75 Å². The minimum absolute atomic E-state index is 0.0430. The van der Waals surface area contributed by atoms with Crippen molar-refractivity contribution in [2.45, 2.75) is 33.2 Å². The lowest BCUT2D eigenvalue weighted by atomic mass is 10.0. The van der Waals surface area contributed by atoms with Gasteiger partial charge in [0.25, 0.3) is 5.91 Å². The summed E-state index contributed by atoms with van der Waals surface area (Å²) in [4.78, 5) is 12.0. The zero-order valence-electron chi connectivity index (χ0n) is 13.6. The van der Waals surface area contributed by atoms with Gasteiger partial charge in [0.15, 0.2) is 6.61 Å². The van der Waals surface area contributed by atoms with Gasteiger partial charge in [-0.05, 0) is 41.7 Å². The first-order valence-corrected chi connectivity index (χ1v) is 8.26. The summed E-state index contributed by atoms with van der Waals surface area (Å²) in [6, 6.07) is 13.6. The Bertz CT molecular complexity index is 670. The van der Waals surface area contributed by atoms with E-state index in [0.29, 0.717) is 17.3 Å². The van der Waals surface area contributed by atoms with Crippen LogP contribution in [0.4, 0.5) is 0 Å². The topological polar surface area (TPSA) is 38.3 Å². The minimum atomic E-state index is -0.158. The summed E-state index contributed by atoms with van der Waals surface area (Å²) in [6.45, 7) is 4.72. The summed E-state index contributed by atoms with van der Waals surface area (Å²) in [7, 11) is 0. The zero-order valence-corrected chi connectivity index (χ0v) is 14.3. The Morgan fingerprint density at radius 1 is 1.09 bits per heavy atom. The molecule has 0 saturated carbocycles. The predicted octanol–water partition coefficient (Wildman–Crippen LogP) is 4.16. The molecule has 1 amide bonds. The van der Waals surface area contributed by atoms with Gasteiger partial charge >= 0.3 is 0 Å². The molecule has 0 aromatic heterocycles. The van der Waals surface area contributed by atoms with E-state index in [0.717, 1.165) is 18.4 Å². The van der Waals surface area contributed by atoms with Crippen molar-refractivity contribution >= 4 is 17.5 Å². The normalized spacial score (nSPS) is 10.4. The SMILES string of the molecule is CCc1ccc(CC)c(CNC(=O)COc2ccccc2Cl)c1. The van der Waals surface area contributed by atoms with E-state index in [4.69, 9.17) is 16.3 Å². The highest BCUT2D eigenvalue weighted by atomic mass is 35.5. The first-order chi connectivity index (χ1) is 11.1. The molecule has 1 N–H and O–H groups in total. The maximum Gasteiger partial charge on any atom is 0.258 e. The van der Waals surface area contributed by atoms with Crippen molar-refractivity contribution in [1.29, 1.82) is 0 Å². The molecule has 0 spiro atoms. The second-order valence-corrected chi connectivity index (χ2v) is 5.71. The summed E-state index contributed by atoms with van der Waals surface area (Å²) >= 11 is 6.00. The number of amides is 1. The zero-order chi connectivity index (χ0) is 16.7. The van der Waals surface area contributed by atoms with Crippen molar-refractivity contribution in [3.63, 3.8) is 0 Å². The molecule has 3 nitrogen and oxygen atoms in total. The van der Waals surface area contributed by atoms with E-state index in [1.54, 1.807) is 12.1 Å². The first-order valence-electron chi connectivity index (χ1n) is 7.88. The predicted molar refractivity (Wildman–Crippen MR) is 94.0 cm³/mol. The number of para-hydroxylation sites is 1. The van der Waals surface area contributed by atoms with Crippen LogP contribution in [0, 0.1) is 0 Å².